The second kappa shape index (κ2) is 10.8. The number of carbonyl (C=O) groups is 3. The molecule has 4 rings (SSSR count). The quantitative estimate of drug-likeness (QED) is 0.315. The van der Waals surface area contributed by atoms with E-state index < -0.39 is 29.3 Å². The van der Waals surface area contributed by atoms with E-state index in [9.17, 15) is 18.8 Å². The van der Waals surface area contributed by atoms with Gasteiger partial charge in [-0.3, -0.25) is 14.9 Å². The van der Waals surface area contributed by atoms with E-state index in [0.29, 0.717) is 5.75 Å². The van der Waals surface area contributed by atoms with Gasteiger partial charge in [-0.25, -0.2) is 19.2 Å². The lowest BCUT2D eigenvalue weighted by Gasteiger charge is -2.18. The average Bonchev–Trinajstić information content (AvgIpc) is 3.50. The number of rotatable bonds is 7. The molecule has 1 aromatic carbocycles. The van der Waals surface area contributed by atoms with Crippen molar-refractivity contribution in [3.05, 3.63) is 57.4 Å². The normalized spacial score (nSPS) is 13.0. The largest absolute Gasteiger partial charge is 0.489 e. The van der Waals surface area contributed by atoms with Gasteiger partial charge in [-0.05, 0) is 73.8 Å². The van der Waals surface area contributed by atoms with Crippen LogP contribution in [0.1, 0.15) is 53.6 Å². The van der Waals surface area contributed by atoms with Crippen LogP contribution in [-0.4, -0.2) is 39.6 Å². The van der Waals surface area contributed by atoms with Crippen LogP contribution in [0.25, 0.3) is 0 Å². The maximum Gasteiger partial charge on any atom is 0.413 e. The summed E-state index contributed by atoms with van der Waals surface area (Å²) in [4.78, 5) is 45.7. The first-order valence-corrected chi connectivity index (χ1v) is 12.8. The zero-order chi connectivity index (χ0) is 26.7. The number of halogens is 2. The molecule has 37 heavy (non-hydrogen) atoms. The van der Waals surface area contributed by atoms with Gasteiger partial charge in [-0.2, -0.15) is 0 Å². The third-order valence-corrected chi connectivity index (χ3v) is 6.26. The minimum Gasteiger partial charge on any atom is -0.489 e. The predicted octanol–water partition coefficient (Wildman–Crippen LogP) is 5.83. The van der Waals surface area contributed by atoms with Gasteiger partial charge in [0, 0.05) is 4.47 Å². The molecule has 1 aliphatic carbocycles. The third kappa shape index (κ3) is 7.46. The summed E-state index contributed by atoms with van der Waals surface area (Å²) >= 11 is 4.12. The number of anilines is 3. The van der Waals surface area contributed by atoms with Gasteiger partial charge in [0.2, 0.25) is 0 Å². The smallest absolute Gasteiger partial charge is 0.413 e. The highest BCUT2D eigenvalue weighted by atomic mass is 79.9. The van der Waals surface area contributed by atoms with Crippen LogP contribution in [-0.2, 0) is 4.74 Å². The molecule has 3 N–H and O–H groups in total. The molecule has 0 unspecified atom stereocenters. The van der Waals surface area contributed by atoms with Gasteiger partial charge in [-0.15, -0.1) is 0 Å². The number of aromatic nitrogens is 2. The van der Waals surface area contributed by atoms with Crippen molar-refractivity contribution in [1.82, 2.24) is 9.97 Å². The lowest BCUT2D eigenvalue weighted by molar-refractivity contribution is 0.0635. The molecule has 0 bridgehead atoms. The molecular formula is C24H23BrFN5O5S. The van der Waals surface area contributed by atoms with Crippen LogP contribution in [0.15, 0.2) is 41.1 Å². The van der Waals surface area contributed by atoms with E-state index in [-0.39, 0.29) is 37.7 Å². The summed E-state index contributed by atoms with van der Waals surface area (Å²) in [5.41, 5.74) is -0.826. The van der Waals surface area contributed by atoms with Gasteiger partial charge in [0.1, 0.15) is 27.9 Å². The summed E-state index contributed by atoms with van der Waals surface area (Å²) < 4.78 is 25.6. The molecule has 2 aromatic heterocycles. The fourth-order valence-corrected chi connectivity index (χ4v) is 4.03. The average molecular weight is 592 g/mol. The van der Waals surface area contributed by atoms with Crippen molar-refractivity contribution in [1.29, 1.82) is 0 Å². The Bertz CT molecular complexity index is 1340. The van der Waals surface area contributed by atoms with E-state index in [1.807, 2.05) is 0 Å². The molecule has 1 fully saturated rings. The van der Waals surface area contributed by atoms with Crippen LogP contribution in [0.3, 0.4) is 0 Å². The van der Waals surface area contributed by atoms with Crippen molar-refractivity contribution in [3.8, 4) is 5.75 Å². The van der Waals surface area contributed by atoms with E-state index in [4.69, 9.17) is 9.47 Å². The summed E-state index contributed by atoms with van der Waals surface area (Å²) in [6.07, 6.45) is 4.29. The lowest BCUT2D eigenvalue weighted by Crippen LogP contribution is -2.27. The first kappa shape index (κ1) is 26.5. The van der Waals surface area contributed by atoms with Gasteiger partial charge < -0.3 is 20.1 Å². The van der Waals surface area contributed by atoms with Crippen molar-refractivity contribution >= 4 is 61.8 Å². The van der Waals surface area contributed by atoms with Gasteiger partial charge in [0.25, 0.3) is 11.8 Å². The van der Waals surface area contributed by atoms with Crippen molar-refractivity contribution < 1.29 is 28.2 Å². The van der Waals surface area contributed by atoms with E-state index >= 15 is 0 Å². The highest BCUT2D eigenvalue weighted by molar-refractivity contribution is 9.10. The van der Waals surface area contributed by atoms with Crippen LogP contribution < -0.4 is 20.7 Å². The standard InChI is InChI=1S/C24H23BrFN5O5S/c1-24(2,3)36-23(34)31-22-28-11-18(37-22)21(33)29-17-8-14(16(26)9-15(17)25)20(32)30-19-7-6-13(10-27-19)35-12-4-5-12/h6-12H,4-5H2,1-3H3,(H,29,33)(H,27,30,32)(H,28,31,34). The van der Waals surface area contributed by atoms with E-state index in [1.165, 1.54) is 18.5 Å². The fourth-order valence-electron chi connectivity index (χ4n) is 2.92. The summed E-state index contributed by atoms with van der Waals surface area (Å²) in [5.74, 6) is -1.30. The Morgan fingerprint density at radius 2 is 1.81 bits per heavy atom. The van der Waals surface area contributed by atoms with Crippen molar-refractivity contribution in [2.24, 2.45) is 0 Å². The monoisotopic (exact) mass is 591 g/mol. The number of hydrogen-bond donors (Lipinski definition) is 3. The first-order chi connectivity index (χ1) is 17.5. The molecule has 1 aliphatic rings. The topological polar surface area (TPSA) is 132 Å². The second-order valence-corrected chi connectivity index (χ2v) is 11.0. The number of carbonyl (C=O) groups excluding carboxylic acids is 3. The number of ether oxygens (including phenoxy) is 2. The van der Waals surface area contributed by atoms with E-state index in [1.54, 1.807) is 32.9 Å². The molecule has 0 aliphatic heterocycles. The minimum atomic E-state index is -0.794. The van der Waals surface area contributed by atoms with Crippen molar-refractivity contribution in [2.45, 2.75) is 45.3 Å². The minimum absolute atomic E-state index is 0.160. The summed E-state index contributed by atoms with van der Waals surface area (Å²) in [7, 11) is 0. The van der Waals surface area contributed by atoms with Crippen LogP contribution in [0.2, 0.25) is 0 Å². The molecule has 0 spiro atoms. The van der Waals surface area contributed by atoms with Gasteiger partial charge in [-0.1, -0.05) is 11.3 Å². The zero-order valence-electron chi connectivity index (χ0n) is 20.1. The number of nitrogens with one attached hydrogen (secondary N) is 3. The Labute approximate surface area is 224 Å². The highest BCUT2D eigenvalue weighted by Crippen LogP contribution is 2.29. The van der Waals surface area contributed by atoms with Crippen LogP contribution in [0, 0.1) is 5.82 Å². The Morgan fingerprint density at radius 3 is 2.46 bits per heavy atom. The Kier molecular flexibility index (Phi) is 7.73. The first-order valence-electron chi connectivity index (χ1n) is 11.2. The van der Waals surface area contributed by atoms with Crippen LogP contribution in [0.4, 0.5) is 25.8 Å². The third-order valence-electron chi connectivity index (χ3n) is 4.69. The molecule has 0 radical (unpaired) electrons. The summed E-state index contributed by atoms with van der Waals surface area (Å²) in [5, 5.41) is 7.77. The Morgan fingerprint density at radius 1 is 1.05 bits per heavy atom. The molecule has 2 heterocycles. The molecule has 194 valence electrons. The SMILES string of the molecule is CC(C)(C)OC(=O)Nc1ncc(C(=O)Nc2cc(C(=O)Nc3ccc(OC4CC4)cn3)c(F)cc2Br)s1. The number of thiazole rings is 1. The number of pyridine rings is 1. The van der Waals surface area contributed by atoms with Gasteiger partial charge in [0.15, 0.2) is 5.13 Å². The van der Waals surface area contributed by atoms with E-state index in [0.717, 1.165) is 30.2 Å². The summed E-state index contributed by atoms with van der Waals surface area (Å²) in [6, 6.07) is 5.51. The van der Waals surface area contributed by atoms with Gasteiger partial charge in [0.05, 0.1) is 29.7 Å². The molecule has 0 atom stereocenters. The molecule has 1 saturated carbocycles. The number of amides is 3. The predicted molar refractivity (Wildman–Crippen MR) is 140 cm³/mol. The van der Waals surface area contributed by atoms with Crippen molar-refractivity contribution in [2.75, 3.05) is 16.0 Å². The summed E-state index contributed by atoms with van der Waals surface area (Å²) in [6.45, 7) is 5.17. The highest BCUT2D eigenvalue weighted by Gasteiger charge is 2.24. The molecular weight excluding hydrogens is 569 g/mol. The van der Waals surface area contributed by atoms with Crippen molar-refractivity contribution in [3.63, 3.8) is 0 Å². The zero-order valence-corrected chi connectivity index (χ0v) is 22.5. The number of hydrogen-bond acceptors (Lipinski definition) is 8. The Balaban J connectivity index is 1.42. The number of benzene rings is 1. The maximum absolute atomic E-state index is 14.6. The molecule has 10 nitrogen and oxygen atoms in total. The Hall–Kier alpha value is -3.58. The molecule has 13 heteroatoms. The molecule has 3 aromatic rings. The fraction of sp³-hybridized carbons (Fsp3) is 0.292. The van der Waals surface area contributed by atoms with Crippen LogP contribution >= 0.6 is 27.3 Å². The molecule has 0 saturated heterocycles. The van der Waals surface area contributed by atoms with Crippen LogP contribution in [0.5, 0.6) is 5.75 Å². The number of nitrogens with zero attached hydrogens (tertiary/aromatic N) is 2. The lowest BCUT2D eigenvalue weighted by atomic mass is 10.1. The maximum atomic E-state index is 14.6. The van der Waals surface area contributed by atoms with E-state index in [2.05, 4.69) is 41.8 Å². The van der Waals surface area contributed by atoms with Gasteiger partial charge >= 0.3 is 6.09 Å². The molecule has 3 amide bonds. The second-order valence-electron chi connectivity index (χ2n) is 9.07.